The fourth-order valence-electron chi connectivity index (χ4n) is 0.735. The van der Waals surface area contributed by atoms with Gasteiger partial charge in [0, 0.05) is 12.2 Å². The van der Waals surface area contributed by atoms with Gasteiger partial charge in [-0.25, -0.2) is 9.59 Å². The van der Waals surface area contributed by atoms with E-state index in [-0.39, 0.29) is 0 Å². The van der Waals surface area contributed by atoms with E-state index >= 15 is 0 Å². The molecule has 6 nitrogen and oxygen atoms in total. The molecule has 0 aromatic heterocycles. The summed E-state index contributed by atoms with van der Waals surface area (Å²) in [5.41, 5.74) is 0. The highest BCUT2D eigenvalue weighted by Crippen LogP contribution is 2.09. The van der Waals surface area contributed by atoms with Crippen LogP contribution in [-0.2, 0) is 14.4 Å². The lowest BCUT2D eigenvalue weighted by molar-refractivity contribution is -0.138. The molecule has 1 unspecified atom stereocenters. The minimum Gasteiger partial charge on any atom is -0.479 e. The summed E-state index contributed by atoms with van der Waals surface area (Å²) in [6.45, 7) is 1.89. The lowest BCUT2D eigenvalue weighted by Crippen LogP contribution is -2.37. The molecular weight excluding hydrogens is 234 g/mol. The first-order chi connectivity index (χ1) is 7.47. The Hall–Kier alpha value is -1.50. The molecule has 1 amide bonds. The largest absolute Gasteiger partial charge is 0.479 e. The van der Waals surface area contributed by atoms with Crippen LogP contribution in [0.25, 0.3) is 0 Å². The zero-order valence-electron chi connectivity index (χ0n) is 8.67. The summed E-state index contributed by atoms with van der Waals surface area (Å²) in [7, 11) is 0. The summed E-state index contributed by atoms with van der Waals surface area (Å²) in [6, 6.07) is 0. The van der Waals surface area contributed by atoms with E-state index in [0.29, 0.717) is 11.8 Å². The van der Waals surface area contributed by atoms with Crippen molar-refractivity contribution in [2.24, 2.45) is 0 Å². The van der Waals surface area contributed by atoms with Crippen molar-refractivity contribution in [3.05, 3.63) is 12.2 Å². The first kappa shape index (κ1) is 14.5. The molecule has 0 aliphatic heterocycles. The van der Waals surface area contributed by atoms with Gasteiger partial charge >= 0.3 is 11.9 Å². The maximum absolute atomic E-state index is 11.1. The van der Waals surface area contributed by atoms with Gasteiger partial charge in [-0.15, -0.1) is 11.8 Å². The van der Waals surface area contributed by atoms with Gasteiger partial charge in [0.25, 0.3) is 0 Å². The summed E-state index contributed by atoms with van der Waals surface area (Å²) in [5, 5.41) is 18.1. The summed E-state index contributed by atoms with van der Waals surface area (Å²) in [6.07, 6.45) is 2.22. The van der Waals surface area contributed by atoms with Crippen molar-refractivity contribution < 1.29 is 24.6 Å². The zero-order valence-corrected chi connectivity index (χ0v) is 9.49. The SMILES string of the molecule is CCCSC(NC(=O)C=CC(=O)O)C(=O)O. The number of nitrogens with one attached hydrogen (secondary N) is 1. The molecule has 0 rings (SSSR count). The molecule has 0 aliphatic rings. The molecule has 7 heteroatoms. The highest BCUT2D eigenvalue weighted by Gasteiger charge is 2.18. The predicted molar refractivity (Wildman–Crippen MR) is 59.1 cm³/mol. The monoisotopic (exact) mass is 247 g/mol. The first-order valence-electron chi connectivity index (χ1n) is 4.53. The van der Waals surface area contributed by atoms with Crippen LogP contribution in [0.1, 0.15) is 13.3 Å². The van der Waals surface area contributed by atoms with E-state index in [1.165, 1.54) is 0 Å². The van der Waals surface area contributed by atoms with Crippen molar-refractivity contribution in [2.45, 2.75) is 18.7 Å². The lowest BCUT2D eigenvalue weighted by atomic mass is 10.4. The van der Waals surface area contributed by atoms with E-state index in [9.17, 15) is 14.4 Å². The maximum atomic E-state index is 11.1. The van der Waals surface area contributed by atoms with Crippen LogP contribution in [0.15, 0.2) is 12.2 Å². The summed E-state index contributed by atoms with van der Waals surface area (Å²) in [5.74, 6) is -2.56. The summed E-state index contributed by atoms with van der Waals surface area (Å²) in [4.78, 5) is 31.9. The Morgan fingerprint density at radius 1 is 1.31 bits per heavy atom. The molecule has 0 radical (unpaired) electrons. The fourth-order valence-corrected chi connectivity index (χ4v) is 1.55. The smallest absolute Gasteiger partial charge is 0.336 e. The molecule has 0 fully saturated rings. The minimum atomic E-state index is -1.26. The number of hydrogen-bond donors (Lipinski definition) is 3. The van der Waals surface area contributed by atoms with Crippen LogP contribution in [0.5, 0.6) is 0 Å². The number of thioether (sulfide) groups is 1. The van der Waals surface area contributed by atoms with Crippen LogP contribution in [0.4, 0.5) is 0 Å². The van der Waals surface area contributed by atoms with Gasteiger partial charge in [0.1, 0.15) is 0 Å². The minimum absolute atomic E-state index is 0.597. The third-order valence-electron chi connectivity index (χ3n) is 1.36. The Morgan fingerprint density at radius 3 is 2.38 bits per heavy atom. The van der Waals surface area contributed by atoms with Crippen LogP contribution < -0.4 is 5.32 Å². The first-order valence-corrected chi connectivity index (χ1v) is 5.58. The van der Waals surface area contributed by atoms with E-state index in [1.54, 1.807) is 0 Å². The van der Waals surface area contributed by atoms with Crippen molar-refractivity contribution in [3.63, 3.8) is 0 Å². The van der Waals surface area contributed by atoms with Crippen molar-refractivity contribution in [1.82, 2.24) is 5.32 Å². The predicted octanol–water partition coefficient (Wildman–Crippen LogP) is 0.297. The molecule has 1 atom stereocenters. The highest BCUT2D eigenvalue weighted by atomic mass is 32.2. The standard InChI is InChI=1S/C9H13NO5S/c1-2-5-16-8(9(14)15)10-6(11)3-4-7(12)13/h3-4,8H,2,5H2,1H3,(H,10,11)(H,12,13)(H,14,15). The number of carbonyl (C=O) groups is 3. The molecule has 0 spiro atoms. The molecule has 0 aromatic rings. The number of aliphatic carboxylic acids is 2. The van der Waals surface area contributed by atoms with Gasteiger partial charge in [-0.05, 0) is 12.2 Å². The van der Waals surface area contributed by atoms with E-state index in [0.717, 1.165) is 24.3 Å². The van der Waals surface area contributed by atoms with Gasteiger partial charge in [0.05, 0.1) is 0 Å². The van der Waals surface area contributed by atoms with Gasteiger partial charge in [-0.2, -0.15) is 0 Å². The van der Waals surface area contributed by atoms with Gasteiger partial charge < -0.3 is 15.5 Å². The van der Waals surface area contributed by atoms with E-state index in [2.05, 4.69) is 5.32 Å². The van der Waals surface area contributed by atoms with Crippen molar-refractivity contribution in [1.29, 1.82) is 0 Å². The van der Waals surface area contributed by atoms with Gasteiger partial charge in [-0.3, -0.25) is 4.79 Å². The Balaban J connectivity index is 4.23. The Morgan fingerprint density at radius 2 is 1.94 bits per heavy atom. The average molecular weight is 247 g/mol. The van der Waals surface area contributed by atoms with Crippen LogP contribution in [0, 0.1) is 0 Å². The third-order valence-corrected chi connectivity index (χ3v) is 2.66. The Labute approximate surface area is 96.7 Å². The van der Waals surface area contributed by atoms with Crippen LogP contribution in [-0.4, -0.2) is 39.2 Å². The van der Waals surface area contributed by atoms with Crippen LogP contribution in [0.3, 0.4) is 0 Å². The quantitative estimate of drug-likeness (QED) is 0.441. The Bertz CT molecular complexity index is 302. The molecule has 0 saturated heterocycles. The second-order valence-corrected chi connectivity index (χ2v) is 3.98. The number of carboxylic acid groups (broad SMARTS) is 2. The lowest BCUT2D eigenvalue weighted by Gasteiger charge is -2.11. The molecular formula is C9H13NO5S. The van der Waals surface area contributed by atoms with E-state index < -0.39 is 23.2 Å². The molecule has 90 valence electrons. The fraction of sp³-hybridized carbons (Fsp3) is 0.444. The molecule has 3 N–H and O–H groups in total. The number of carboxylic acids is 2. The zero-order chi connectivity index (χ0) is 12.6. The molecule has 0 aliphatic carbocycles. The number of amides is 1. The average Bonchev–Trinajstić information content (AvgIpc) is 2.20. The normalized spacial score (nSPS) is 12.3. The second kappa shape index (κ2) is 7.75. The number of rotatable bonds is 7. The van der Waals surface area contributed by atoms with Crippen LogP contribution in [0.2, 0.25) is 0 Å². The van der Waals surface area contributed by atoms with Crippen molar-refractivity contribution >= 4 is 29.6 Å². The molecule has 0 saturated carbocycles. The summed E-state index contributed by atoms with van der Waals surface area (Å²) >= 11 is 1.08. The highest BCUT2D eigenvalue weighted by molar-refractivity contribution is 8.00. The number of carbonyl (C=O) groups excluding carboxylic acids is 1. The van der Waals surface area contributed by atoms with Crippen molar-refractivity contribution in [2.75, 3.05) is 5.75 Å². The van der Waals surface area contributed by atoms with E-state index in [4.69, 9.17) is 10.2 Å². The molecule has 16 heavy (non-hydrogen) atoms. The molecule has 0 aromatic carbocycles. The maximum Gasteiger partial charge on any atom is 0.336 e. The molecule has 0 heterocycles. The number of hydrogen-bond acceptors (Lipinski definition) is 4. The Kier molecular flexibility index (Phi) is 7.02. The van der Waals surface area contributed by atoms with E-state index in [1.807, 2.05) is 6.92 Å². The van der Waals surface area contributed by atoms with Crippen LogP contribution >= 0.6 is 11.8 Å². The molecule has 0 bridgehead atoms. The van der Waals surface area contributed by atoms with Gasteiger partial charge in [-0.1, -0.05) is 6.92 Å². The van der Waals surface area contributed by atoms with Crippen molar-refractivity contribution in [3.8, 4) is 0 Å². The second-order valence-electron chi connectivity index (χ2n) is 2.77. The summed E-state index contributed by atoms with van der Waals surface area (Å²) < 4.78 is 0. The third kappa shape index (κ3) is 6.88. The topological polar surface area (TPSA) is 104 Å². The van der Waals surface area contributed by atoms with Gasteiger partial charge in [0.15, 0.2) is 5.37 Å². The van der Waals surface area contributed by atoms with Gasteiger partial charge in [0.2, 0.25) is 5.91 Å².